The molecular weight excluding hydrogens is 180 g/mol. The van der Waals surface area contributed by atoms with Crippen LogP contribution in [0.2, 0.25) is 5.02 Å². The van der Waals surface area contributed by atoms with Gasteiger partial charge >= 0.3 is 0 Å². The van der Waals surface area contributed by atoms with Crippen molar-refractivity contribution in [2.75, 3.05) is 0 Å². The summed E-state index contributed by atoms with van der Waals surface area (Å²) in [5.74, 6) is 0. The van der Waals surface area contributed by atoms with Gasteiger partial charge in [0.1, 0.15) is 11.8 Å². The van der Waals surface area contributed by atoms with Gasteiger partial charge in [0, 0.05) is 11.1 Å². The Morgan fingerprint density at radius 3 is 3.09 bits per heavy atom. The lowest BCUT2D eigenvalue weighted by Crippen LogP contribution is -1.74. The summed E-state index contributed by atoms with van der Waals surface area (Å²) >= 11 is 7.58. The second kappa shape index (κ2) is 2.43. The largest absolute Gasteiger partial charge is 0.243 e. The highest BCUT2D eigenvalue weighted by Gasteiger charge is 2.06. The van der Waals surface area contributed by atoms with E-state index in [1.54, 1.807) is 17.5 Å². The Hall–Kier alpha value is -0.670. The smallest absolute Gasteiger partial charge is 0.116 e. The number of hydrogen-bond donors (Lipinski definition) is 0. The van der Waals surface area contributed by atoms with Crippen molar-refractivity contribution in [3.8, 4) is 0 Å². The Labute approximate surface area is 72.9 Å². The highest BCUT2D eigenvalue weighted by atomic mass is 35.5. The zero-order valence-corrected chi connectivity index (χ0v) is 7.41. The van der Waals surface area contributed by atoms with Crippen LogP contribution in [0.3, 0.4) is 0 Å². The Morgan fingerprint density at radius 2 is 2.36 bits per heavy atom. The molecule has 0 aliphatic heterocycles. The number of fused-ring (bicyclic) bond motifs is 1. The molecule has 0 saturated heterocycles. The van der Waals surface area contributed by atoms with Gasteiger partial charge in [-0.3, -0.25) is 0 Å². The lowest BCUT2D eigenvalue weighted by molar-refractivity contribution is 1.23. The molecule has 2 rings (SSSR count). The Bertz CT molecular complexity index is 396. The number of rotatable bonds is 0. The van der Waals surface area contributed by atoms with E-state index in [-0.39, 0.29) is 0 Å². The molecule has 2 aromatic rings. The van der Waals surface area contributed by atoms with Crippen molar-refractivity contribution in [2.45, 2.75) is 6.92 Å². The molecule has 0 atom stereocenters. The summed E-state index contributed by atoms with van der Waals surface area (Å²) in [7, 11) is 0. The van der Waals surface area contributed by atoms with E-state index in [1.807, 2.05) is 6.92 Å². The fraction of sp³-hybridized carbons (Fsp3) is 0.143. The van der Waals surface area contributed by atoms with Crippen LogP contribution >= 0.6 is 22.9 Å². The minimum absolute atomic E-state index is 0.757. The number of aromatic nitrogens is 2. The minimum atomic E-state index is 0.757. The zero-order chi connectivity index (χ0) is 7.84. The van der Waals surface area contributed by atoms with Gasteiger partial charge in [0.15, 0.2) is 0 Å². The maximum atomic E-state index is 5.96. The molecule has 0 aromatic carbocycles. The maximum absolute atomic E-state index is 5.96. The molecule has 0 aliphatic rings. The third-order valence-corrected chi connectivity index (χ3v) is 3.06. The highest BCUT2D eigenvalue weighted by Crippen LogP contribution is 2.31. The van der Waals surface area contributed by atoms with Gasteiger partial charge < -0.3 is 0 Å². The van der Waals surface area contributed by atoms with Gasteiger partial charge in [-0.15, -0.1) is 11.3 Å². The van der Waals surface area contributed by atoms with Crippen LogP contribution in [0, 0.1) is 6.92 Å². The van der Waals surface area contributed by atoms with Gasteiger partial charge in [-0.25, -0.2) is 9.97 Å². The molecule has 0 fully saturated rings. The molecule has 0 bridgehead atoms. The van der Waals surface area contributed by atoms with Crippen LogP contribution < -0.4 is 0 Å². The highest BCUT2D eigenvalue weighted by molar-refractivity contribution is 7.19. The van der Waals surface area contributed by atoms with Gasteiger partial charge in [0.05, 0.1) is 9.72 Å². The first-order valence-corrected chi connectivity index (χ1v) is 4.33. The van der Waals surface area contributed by atoms with Crippen molar-refractivity contribution < 1.29 is 0 Å². The van der Waals surface area contributed by atoms with E-state index < -0.39 is 0 Å². The number of thiophene rings is 1. The van der Waals surface area contributed by atoms with E-state index in [2.05, 4.69) is 9.97 Å². The molecule has 0 aliphatic carbocycles. The predicted octanol–water partition coefficient (Wildman–Crippen LogP) is 2.65. The quantitative estimate of drug-likeness (QED) is 0.629. The fourth-order valence-corrected chi connectivity index (χ4v) is 2.14. The van der Waals surface area contributed by atoms with Crippen molar-refractivity contribution in [3.05, 3.63) is 22.4 Å². The number of hydrogen-bond acceptors (Lipinski definition) is 3. The number of aryl methyl sites for hydroxylation is 1. The molecular formula is C7H5ClN2S. The third-order valence-electron chi connectivity index (χ3n) is 1.46. The molecule has 0 radical (unpaired) electrons. The van der Waals surface area contributed by atoms with Gasteiger partial charge in [0.2, 0.25) is 0 Å². The predicted molar refractivity (Wildman–Crippen MR) is 47.2 cm³/mol. The molecule has 2 nitrogen and oxygen atoms in total. The second-order valence-corrected chi connectivity index (χ2v) is 3.84. The molecule has 0 spiro atoms. The van der Waals surface area contributed by atoms with Crippen molar-refractivity contribution in [2.24, 2.45) is 0 Å². The standard InChI is InChI=1S/C7H5ClN2S/c1-4-6(8)7-5(11-4)2-9-3-10-7/h2-3H,1H3. The lowest BCUT2D eigenvalue weighted by Gasteiger charge is -1.85. The van der Waals surface area contributed by atoms with Gasteiger partial charge in [-0.05, 0) is 6.92 Å². The summed E-state index contributed by atoms with van der Waals surface area (Å²) < 4.78 is 1.05. The molecule has 0 saturated carbocycles. The molecule has 0 N–H and O–H groups in total. The van der Waals surface area contributed by atoms with Crippen LogP contribution in [0.15, 0.2) is 12.5 Å². The van der Waals surface area contributed by atoms with Crippen LogP contribution in [0.4, 0.5) is 0 Å². The number of halogens is 1. The molecule has 4 heteroatoms. The first-order valence-electron chi connectivity index (χ1n) is 3.13. The van der Waals surface area contributed by atoms with E-state index in [4.69, 9.17) is 11.6 Å². The van der Waals surface area contributed by atoms with Crippen LogP contribution in [-0.4, -0.2) is 9.97 Å². The first-order chi connectivity index (χ1) is 5.29. The monoisotopic (exact) mass is 184 g/mol. The summed E-state index contributed by atoms with van der Waals surface area (Å²) in [6.07, 6.45) is 3.30. The van der Waals surface area contributed by atoms with Crippen molar-refractivity contribution in [1.29, 1.82) is 0 Å². The zero-order valence-electron chi connectivity index (χ0n) is 5.84. The van der Waals surface area contributed by atoms with Gasteiger partial charge in [0.25, 0.3) is 0 Å². The minimum Gasteiger partial charge on any atom is -0.243 e. The van der Waals surface area contributed by atoms with Gasteiger partial charge in [-0.2, -0.15) is 0 Å². The van der Waals surface area contributed by atoms with Crippen LogP contribution in [0.5, 0.6) is 0 Å². The van der Waals surface area contributed by atoms with Crippen LogP contribution in [0.25, 0.3) is 10.2 Å². The Kier molecular flexibility index (Phi) is 1.55. The Balaban J connectivity index is 2.92. The molecule has 0 amide bonds. The summed E-state index contributed by atoms with van der Waals surface area (Å²) in [6, 6.07) is 0. The van der Waals surface area contributed by atoms with E-state index in [0.29, 0.717) is 0 Å². The van der Waals surface area contributed by atoms with Crippen molar-refractivity contribution in [1.82, 2.24) is 9.97 Å². The van der Waals surface area contributed by atoms with Crippen molar-refractivity contribution >= 4 is 33.2 Å². The van der Waals surface area contributed by atoms with E-state index >= 15 is 0 Å². The third kappa shape index (κ3) is 1.01. The second-order valence-electron chi connectivity index (χ2n) is 2.21. The average Bonchev–Trinajstić information content (AvgIpc) is 2.30. The molecule has 11 heavy (non-hydrogen) atoms. The van der Waals surface area contributed by atoms with E-state index in [0.717, 1.165) is 20.1 Å². The SMILES string of the molecule is Cc1sc2cncnc2c1Cl. The van der Waals surface area contributed by atoms with Crippen LogP contribution in [-0.2, 0) is 0 Å². The molecule has 2 aromatic heterocycles. The Morgan fingerprint density at radius 1 is 1.55 bits per heavy atom. The summed E-state index contributed by atoms with van der Waals surface area (Å²) in [6.45, 7) is 1.98. The van der Waals surface area contributed by atoms with Crippen LogP contribution in [0.1, 0.15) is 4.88 Å². The average molecular weight is 185 g/mol. The summed E-state index contributed by atoms with van der Waals surface area (Å²) in [4.78, 5) is 9.08. The first kappa shape index (κ1) is 7.00. The number of nitrogens with zero attached hydrogens (tertiary/aromatic N) is 2. The van der Waals surface area contributed by atoms with Crippen molar-refractivity contribution in [3.63, 3.8) is 0 Å². The summed E-state index contributed by atoms with van der Waals surface area (Å²) in [5, 5.41) is 0.757. The van der Waals surface area contributed by atoms with Gasteiger partial charge in [-0.1, -0.05) is 11.6 Å². The molecule has 2 heterocycles. The molecule has 56 valence electrons. The topological polar surface area (TPSA) is 25.8 Å². The van der Waals surface area contributed by atoms with E-state index in [9.17, 15) is 0 Å². The maximum Gasteiger partial charge on any atom is 0.116 e. The summed E-state index contributed by atoms with van der Waals surface area (Å²) in [5.41, 5.74) is 0.865. The van der Waals surface area contributed by atoms with E-state index in [1.165, 1.54) is 6.33 Å². The fourth-order valence-electron chi connectivity index (χ4n) is 0.933. The lowest BCUT2D eigenvalue weighted by atomic mass is 10.4. The molecule has 0 unspecified atom stereocenters. The normalized spacial score (nSPS) is 10.7.